The molecule has 2 N–H and O–H groups in total. The molecule has 0 spiro atoms. The lowest BCUT2D eigenvalue weighted by Gasteiger charge is -2.27. The van der Waals surface area contributed by atoms with Crippen LogP contribution in [0.3, 0.4) is 0 Å². The Balaban J connectivity index is 1.64. The summed E-state index contributed by atoms with van der Waals surface area (Å²) in [5, 5.41) is 18.2. The fourth-order valence-electron chi connectivity index (χ4n) is 4.56. The van der Waals surface area contributed by atoms with Crippen LogP contribution in [0.5, 0.6) is 0 Å². The first-order chi connectivity index (χ1) is 13.1. The summed E-state index contributed by atoms with van der Waals surface area (Å²) in [6, 6.07) is -0.197. The van der Waals surface area contributed by atoms with Crippen molar-refractivity contribution in [1.82, 2.24) is 9.97 Å². The second-order valence-electron chi connectivity index (χ2n) is 7.89. The van der Waals surface area contributed by atoms with E-state index >= 15 is 0 Å². The minimum atomic E-state index is -4.74. The van der Waals surface area contributed by atoms with Gasteiger partial charge in [0.25, 0.3) is 0 Å². The highest BCUT2D eigenvalue weighted by atomic mass is 35.5. The molecule has 1 aromatic heterocycles. The fraction of sp³-hybridized carbons (Fsp3) is 0.706. The smallest absolute Gasteiger partial charge is 0.435 e. The molecule has 0 amide bonds. The van der Waals surface area contributed by atoms with E-state index in [2.05, 4.69) is 9.97 Å². The van der Waals surface area contributed by atoms with Gasteiger partial charge in [-0.15, -0.1) is 0 Å². The van der Waals surface area contributed by atoms with Crippen LogP contribution < -0.4 is 9.80 Å². The molecule has 11 heteroatoms. The van der Waals surface area contributed by atoms with Gasteiger partial charge < -0.3 is 20.0 Å². The first-order valence-electron chi connectivity index (χ1n) is 9.12. The van der Waals surface area contributed by atoms with E-state index in [1.165, 1.54) is 0 Å². The second kappa shape index (κ2) is 6.62. The highest BCUT2D eigenvalue weighted by Crippen LogP contribution is 2.55. The fourth-order valence-corrected chi connectivity index (χ4v) is 4.87. The SMILES string of the molecule is C[C@H]1C[C@H](O)CN1c1nc(N2CC3C(CC(=O)O)C3C2)c(Cl)c(C(F)(F)F)n1. The van der Waals surface area contributed by atoms with Gasteiger partial charge in [-0.05, 0) is 31.1 Å². The normalized spacial score (nSPS) is 32.0. The Kier molecular flexibility index (Phi) is 4.61. The van der Waals surface area contributed by atoms with E-state index in [4.69, 9.17) is 16.7 Å². The van der Waals surface area contributed by atoms with Crippen LogP contribution in [-0.4, -0.2) is 57.9 Å². The molecule has 2 aliphatic heterocycles. The van der Waals surface area contributed by atoms with Crippen LogP contribution in [0, 0.1) is 17.8 Å². The number of carboxylic acids is 1. The summed E-state index contributed by atoms with van der Waals surface area (Å²) < 4.78 is 40.6. The van der Waals surface area contributed by atoms with Crippen LogP contribution in [-0.2, 0) is 11.0 Å². The number of β-amino-alcohol motifs (C(OH)–C–C–N with tert-alkyl or cyclic N) is 1. The van der Waals surface area contributed by atoms with E-state index in [1.807, 2.05) is 0 Å². The standard InChI is InChI=1S/C17H20ClF3N4O3/c1-7-2-8(26)4-25(7)16-22-14(17(19,20)21)13(18)15(23-16)24-5-10-9(3-12(27)28)11(10)6-24/h7-11,26H,2-6H2,1H3,(H,27,28)/t7-,8-,9?,10?,11?/m0/s1. The molecule has 154 valence electrons. The van der Waals surface area contributed by atoms with Crippen molar-refractivity contribution in [2.75, 3.05) is 29.4 Å². The molecular weight excluding hydrogens is 401 g/mol. The topological polar surface area (TPSA) is 89.8 Å². The zero-order valence-electron chi connectivity index (χ0n) is 15.0. The number of anilines is 2. The van der Waals surface area contributed by atoms with Crippen molar-refractivity contribution in [2.45, 2.75) is 38.1 Å². The molecule has 1 saturated carbocycles. The van der Waals surface area contributed by atoms with Crippen molar-refractivity contribution >= 4 is 29.3 Å². The van der Waals surface area contributed by atoms with Crippen LogP contribution in [0.4, 0.5) is 24.9 Å². The van der Waals surface area contributed by atoms with Crippen LogP contribution in [0.25, 0.3) is 0 Å². The van der Waals surface area contributed by atoms with E-state index < -0.39 is 29.0 Å². The molecule has 0 aromatic carbocycles. The lowest BCUT2D eigenvalue weighted by molar-refractivity contribution is -0.141. The largest absolute Gasteiger partial charge is 0.481 e. The molecule has 1 aliphatic carbocycles. The second-order valence-corrected chi connectivity index (χ2v) is 8.27. The number of fused-ring (bicyclic) bond motifs is 1. The number of aliphatic hydroxyl groups excluding tert-OH is 1. The van der Waals surface area contributed by atoms with Gasteiger partial charge >= 0.3 is 12.1 Å². The zero-order valence-corrected chi connectivity index (χ0v) is 15.8. The highest BCUT2D eigenvalue weighted by molar-refractivity contribution is 6.33. The van der Waals surface area contributed by atoms with Crippen molar-refractivity contribution in [3.63, 3.8) is 0 Å². The maximum atomic E-state index is 13.5. The molecule has 0 bridgehead atoms. The number of rotatable bonds is 4. The lowest BCUT2D eigenvalue weighted by Crippen LogP contribution is -2.32. The zero-order chi connectivity index (χ0) is 20.4. The highest BCUT2D eigenvalue weighted by Gasteiger charge is 2.57. The summed E-state index contributed by atoms with van der Waals surface area (Å²) in [5.74, 6) is -0.619. The van der Waals surface area contributed by atoms with Crippen molar-refractivity contribution in [1.29, 1.82) is 0 Å². The van der Waals surface area contributed by atoms with E-state index in [0.29, 0.717) is 19.5 Å². The molecule has 1 aromatic rings. The summed E-state index contributed by atoms with van der Waals surface area (Å²) in [6.07, 6.45) is -4.89. The lowest BCUT2D eigenvalue weighted by atomic mass is 10.2. The number of halogens is 4. The third kappa shape index (κ3) is 3.36. The Morgan fingerprint density at radius 3 is 2.39 bits per heavy atom. The van der Waals surface area contributed by atoms with Crippen molar-refractivity contribution in [3.05, 3.63) is 10.7 Å². The van der Waals surface area contributed by atoms with Gasteiger partial charge in [-0.3, -0.25) is 4.79 Å². The number of hydrogen-bond acceptors (Lipinski definition) is 6. The first-order valence-corrected chi connectivity index (χ1v) is 9.50. The summed E-state index contributed by atoms with van der Waals surface area (Å²) in [7, 11) is 0. The number of aromatic nitrogens is 2. The number of hydrogen-bond donors (Lipinski definition) is 2. The molecule has 4 rings (SSSR count). The van der Waals surface area contributed by atoms with Crippen molar-refractivity contribution < 1.29 is 28.2 Å². The minimum absolute atomic E-state index is 0.0221. The maximum absolute atomic E-state index is 13.5. The van der Waals surface area contributed by atoms with E-state index in [9.17, 15) is 23.1 Å². The third-order valence-electron chi connectivity index (χ3n) is 5.98. The third-order valence-corrected chi connectivity index (χ3v) is 6.33. The quantitative estimate of drug-likeness (QED) is 0.772. The Morgan fingerprint density at radius 2 is 1.89 bits per heavy atom. The van der Waals surface area contributed by atoms with Gasteiger partial charge in [-0.1, -0.05) is 11.6 Å². The number of aliphatic hydroxyl groups is 1. The monoisotopic (exact) mass is 420 g/mol. The van der Waals surface area contributed by atoms with Gasteiger partial charge in [-0.25, -0.2) is 4.98 Å². The van der Waals surface area contributed by atoms with E-state index in [1.54, 1.807) is 16.7 Å². The van der Waals surface area contributed by atoms with Crippen LogP contribution >= 0.6 is 11.6 Å². The van der Waals surface area contributed by atoms with Crippen LogP contribution in [0.15, 0.2) is 0 Å². The number of piperidine rings is 1. The summed E-state index contributed by atoms with van der Waals surface area (Å²) in [4.78, 5) is 22.1. The maximum Gasteiger partial charge on any atom is 0.435 e. The summed E-state index contributed by atoms with van der Waals surface area (Å²) >= 11 is 6.05. The van der Waals surface area contributed by atoms with Crippen LogP contribution in [0.1, 0.15) is 25.5 Å². The van der Waals surface area contributed by atoms with Gasteiger partial charge in [0, 0.05) is 32.1 Å². The number of aliphatic carboxylic acids is 1. The van der Waals surface area contributed by atoms with Gasteiger partial charge in [0.2, 0.25) is 5.95 Å². The first kappa shape index (κ1) is 19.5. The molecule has 4 atom stereocenters. The Bertz CT molecular complexity index is 797. The molecular formula is C17H20ClF3N4O3. The molecule has 7 nitrogen and oxygen atoms in total. The van der Waals surface area contributed by atoms with Gasteiger partial charge in [0.05, 0.1) is 6.10 Å². The molecule has 2 saturated heterocycles. The van der Waals surface area contributed by atoms with Crippen molar-refractivity contribution in [3.8, 4) is 0 Å². The number of alkyl halides is 3. The predicted octanol–water partition coefficient (Wildman–Crippen LogP) is 2.27. The Hall–Kier alpha value is -1.81. The van der Waals surface area contributed by atoms with Gasteiger partial charge in [0.15, 0.2) is 11.5 Å². The summed E-state index contributed by atoms with van der Waals surface area (Å²) in [5.41, 5.74) is -1.19. The molecule has 3 heterocycles. The molecule has 0 radical (unpaired) electrons. The van der Waals surface area contributed by atoms with Crippen LogP contribution in [0.2, 0.25) is 5.02 Å². The Labute approximate surface area is 164 Å². The predicted molar refractivity (Wildman–Crippen MR) is 94.4 cm³/mol. The van der Waals surface area contributed by atoms with Gasteiger partial charge in [-0.2, -0.15) is 18.2 Å². The summed E-state index contributed by atoms with van der Waals surface area (Å²) in [6.45, 7) is 2.80. The molecule has 3 aliphatic rings. The number of carboxylic acid groups (broad SMARTS) is 1. The average molecular weight is 421 g/mol. The molecule has 3 fully saturated rings. The minimum Gasteiger partial charge on any atom is -0.481 e. The van der Waals surface area contributed by atoms with E-state index in [-0.39, 0.29) is 48.5 Å². The van der Waals surface area contributed by atoms with Crippen molar-refractivity contribution in [2.24, 2.45) is 17.8 Å². The van der Waals surface area contributed by atoms with Gasteiger partial charge in [0.1, 0.15) is 5.02 Å². The van der Waals surface area contributed by atoms with E-state index in [0.717, 1.165) is 0 Å². The number of nitrogens with zero attached hydrogens (tertiary/aromatic N) is 4. The molecule has 28 heavy (non-hydrogen) atoms. The molecule has 2 unspecified atom stereocenters. The Morgan fingerprint density at radius 1 is 1.25 bits per heavy atom. The number of carbonyl (C=O) groups is 1. The average Bonchev–Trinajstić information content (AvgIpc) is 2.93.